The molecule has 1 amide bonds. The van der Waals surface area contributed by atoms with E-state index in [0.717, 1.165) is 16.9 Å². The first-order valence-corrected chi connectivity index (χ1v) is 7.23. The van der Waals surface area contributed by atoms with Crippen LogP contribution in [0.4, 0.5) is 17.2 Å². The van der Waals surface area contributed by atoms with Crippen molar-refractivity contribution >= 4 is 23.1 Å². The minimum absolute atomic E-state index is 0.266. The summed E-state index contributed by atoms with van der Waals surface area (Å²) >= 11 is 0. The van der Waals surface area contributed by atoms with Crippen LogP contribution < -0.4 is 10.6 Å². The van der Waals surface area contributed by atoms with Crippen molar-refractivity contribution in [3.63, 3.8) is 0 Å². The Labute approximate surface area is 134 Å². The van der Waals surface area contributed by atoms with Crippen molar-refractivity contribution in [2.24, 2.45) is 0 Å². The number of aryl methyl sites for hydroxylation is 1. The van der Waals surface area contributed by atoms with Gasteiger partial charge in [0.15, 0.2) is 0 Å². The van der Waals surface area contributed by atoms with E-state index in [0.29, 0.717) is 11.5 Å². The number of nitrogens with one attached hydrogen (secondary N) is 2. The summed E-state index contributed by atoms with van der Waals surface area (Å²) in [6.07, 6.45) is 1.37. The van der Waals surface area contributed by atoms with Crippen LogP contribution in [0.15, 0.2) is 67.0 Å². The molecule has 0 bridgehead atoms. The standard InChI is InChI=1S/C18H16N4O/c1-13-7-5-6-10-15(13)22-18(23)16-11-17(20-12-19-16)21-14-8-3-2-4-9-14/h2-12H,1H3,(H,22,23)(H,19,20,21). The molecule has 5 heteroatoms. The Morgan fingerprint density at radius 3 is 2.48 bits per heavy atom. The number of benzene rings is 2. The number of carbonyl (C=O) groups is 1. The Hall–Kier alpha value is -3.21. The summed E-state index contributed by atoms with van der Waals surface area (Å²) in [4.78, 5) is 20.5. The lowest BCUT2D eigenvalue weighted by Gasteiger charge is -2.09. The Bertz CT molecular complexity index is 818. The van der Waals surface area contributed by atoms with E-state index in [2.05, 4.69) is 20.6 Å². The SMILES string of the molecule is Cc1ccccc1NC(=O)c1cc(Nc2ccccc2)ncn1. The van der Waals surface area contributed by atoms with Gasteiger partial charge in [0.05, 0.1) is 0 Å². The second-order valence-electron chi connectivity index (χ2n) is 5.05. The van der Waals surface area contributed by atoms with Gasteiger partial charge >= 0.3 is 0 Å². The van der Waals surface area contributed by atoms with E-state index in [1.165, 1.54) is 6.33 Å². The molecule has 1 heterocycles. The number of hydrogen-bond acceptors (Lipinski definition) is 4. The smallest absolute Gasteiger partial charge is 0.274 e. The molecule has 0 radical (unpaired) electrons. The van der Waals surface area contributed by atoms with Crippen LogP contribution in [0.2, 0.25) is 0 Å². The Balaban J connectivity index is 1.77. The number of amides is 1. The van der Waals surface area contributed by atoms with E-state index in [9.17, 15) is 4.79 Å². The minimum atomic E-state index is -0.266. The van der Waals surface area contributed by atoms with Gasteiger partial charge in [-0.2, -0.15) is 0 Å². The van der Waals surface area contributed by atoms with Gasteiger partial charge in [-0.1, -0.05) is 36.4 Å². The van der Waals surface area contributed by atoms with Crippen molar-refractivity contribution in [3.8, 4) is 0 Å². The molecule has 0 saturated carbocycles. The van der Waals surface area contributed by atoms with E-state index in [-0.39, 0.29) is 5.91 Å². The van der Waals surface area contributed by atoms with Gasteiger partial charge in [0.1, 0.15) is 17.8 Å². The molecule has 0 aliphatic rings. The maximum absolute atomic E-state index is 12.3. The number of rotatable bonds is 4. The quantitative estimate of drug-likeness (QED) is 0.769. The van der Waals surface area contributed by atoms with Crippen LogP contribution in [0.5, 0.6) is 0 Å². The molecule has 23 heavy (non-hydrogen) atoms. The summed E-state index contributed by atoms with van der Waals surface area (Å²) in [6, 6.07) is 18.9. The molecular formula is C18H16N4O. The molecule has 2 N–H and O–H groups in total. The van der Waals surface area contributed by atoms with Crippen LogP contribution in [0.1, 0.15) is 16.1 Å². The number of carbonyl (C=O) groups excluding carboxylic acids is 1. The first-order chi connectivity index (χ1) is 11.2. The fourth-order valence-corrected chi connectivity index (χ4v) is 2.12. The van der Waals surface area contributed by atoms with E-state index < -0.39 is 0 Å². The summed E-state index contributed by atoms with van der Waals surface area (Å²) in [7, 11) is 0. The number of anilines is 3. The van der Waals surface area contributed by atoms with Crippen LogP contribution in [0.3, 0.4) is 0 Å². The third-order valence-electron chi connectivity index (χ3n) is 3.34. The molecule has 3 aromatic rings. The second kappa shape index (κ2) is 6.70. The van der Waals surface area contributed by atoms with Crippen LogP contribution in [0, 0.1) is 6.92 Å². The summed E-state index contributed by atoms with van der Waals surface area (Å²) in [5.41, 5.74) is 2.98. The molecule has 114 valence electrons. The summed E-state index contributed by atoms with van der Waals surface area (Å²) in [6.45, 7) is 1.94. The van der Waals surface area contributed by atoms with Gasteiger partial charge in [-0.3, -0.25) is 4.79 Å². The molecule has 3 rings (SSSR count). The van der Waals surface area contributed by atoms with Gasteiger partial charge in [0.25, 0.3) is 5.91 Å². The molecule has 0 aliphatic carbocycles. The third-order valence-corrected chi connectivity index (χ3v) is 3.34. The topological polar surface area (TPSA) is 66.9 Å². The Morgan fingerprint density at radius 2 is 1.70 bits per heavy atom. The van der Waals surface area contributed by atoms with Crippen molar-refractivity contribution in [1.29, 1.82) is 0 Å². The zero-order valence-corrected chi connectivity index (χ0v) is 12.7. The molecule has 0 atom stereocenters. The number of hydrogen-bond donors (Lipinski definition) is 2. The molecule has 0 saturated heterocycles. The lowest BCUT2D eigenvalue weighted by Crippen LogP contribution is -2.15. The normalized spacial score (nSPS) is 10.1. The predicted molar refractivity (Wildman–Crippen MR) is 90.9 cm³/mol. The zero-order valence-electron chi connectivity index (χ0n) is 12.7. The number of para-hydroxylation sites is 2. The van der Waals surface area contributed by atoms with Gasteiger partial charge in [-0.25, -0.2) is 9.97 Å². The first-order valence-electron chi connectivity index (χ1n) is 7.23. The lowest BCUT2D eigenvalue weighted by atomic mass is 10.2. The van der Waals surface area contributed by atoms with E-state index >= 15 is 0 Å². The Morgan fingerprint density at radius 1 is 0.957 bits per heavy atom. The summed E-state index contributed by atoms with van der Waals surface area (Å²) in [5.74, 6) is 0.305. The van der Waals surface area contributed by atoms with E-state index in [1.54, 1.807) is 6.07 Å². The van der Waals surface area contributed by atoms with Gasteiger partial charge in [-0.15, -0.1) is 0 Å². The van der Waals surface area contributed by atoms with Crippen molar-refractivity contribution < 1.29 is 4.79 Å². The molecule has 0 spiro atoms. The highest BCUT2D eigenvalue weighted by molar-refractivity contribution is 6.03. The number of nitrogens with zero attached hydrogens (tertiary/aromatic N) is 2. The summed E-state index contributed by atoms with van der Waals surface area (Å²) < 4.78 is 0. The maximum Gasteiger partial charge on any atom is 0.274 e. The molecular weight excluding hydrogens is 288 g/mol. The van der Waals surface area contributed by atoms with Gasteiger partial charge in [0.2, 0.25) is 0 Å². The number of aromatic nitrogens is 2. The molecule has 0 fully saturated rings. The molecule has 0 aliphatic heterocycles. The van der Waals surface area contributed by atoms with E-state index in [1.807, 2.05) is 61.5 Å². The highest BCUT2D eigenvalue weighted by Gasteiger charge is 2.10. The van der Waals surface area contributed by atoms with Crippen molar-refractivity contribution in [2.45, 2.75) is 6.92 Å². The predicted octanol–water partition coefficient (Wildman–Crippen LogP) is 3.78. The molecule has 5 nitrogen and oxygen atoms in total. The third kappa shape index (κ3) is 3.71. The van der Waals surface area contributed by atoms with Gasteiger partial charge in [0, 0.05) is 17.4 Å². The van der Waals surface area contributed by atoms with Gasteiger partial charge < -0.3 is 10.6 Å². The average molecular weight is 304 g/mol. The van der Waals surface area contributed by atoms with Gasteiger partial charge in [-0.05, 0) is 30.7 Å². The fourth-order valence-electron chi connectivity index (χ4n) is 2.12. The molecule has 1 aromatic heterocycles. The highest BCUT2D eigenvalue weighted by Crippen LogP contribution is 2.16. The van der Waals surface area contributed by atoms with Crippen LogP contribution >= 0.6 is 0 Å². The van der Waals surface area contributed by atoms with Crippen molar-refractivity contribution in [3.05, 3.63) is 78.2 Å². The fraction of sp³-hybridized carbons (Fsp3) is 0.0556. The maximum atomic E-state index is 12.3. The van der Waals surface area contributed by atoms with Crippen LogP contribution in [-0.2, 0) is 0 Å². The first kappa shape index (κ1) is 14.7. The lowest BCUT2D eigenvalue weighted by molar-refractivity contribution is 0.102. The second-order valence-corrected chi connectivity index (χ2v) is 5.05. The van der Waals surface area contributed by atoms with Crippen molar-refractivity contribution in [1.82, 2.24) is 9.97 Å². The van der Waals surface area contributed by atoms with Crippen LogP contribution in [0.25, 0.3) is 0 Å². The largest absolute Gasteiger partial charge is 0.340 e. The average Bonchev–Trinajstić information content (AvgIpc) is 2.58. The summed E-state index contributed by atoms with van der Waals surface area (Å²) in [5, 5.41) is 6.00. The molecule has 0 unspecified atom stereocenters. The van der Waals surface area contributed by atoms with Crippen LogP contribution in [-0.4, -0.2) is 15.9 Å². The Kier molecular flexibility index (Phi) is 4.29. The van der Waals surface area contributed by atoms with E-state index in [4.69, 9.17) is 0 Å². The molecule has 2 aromatic carbocycles. The van der Waals surface area contributed by atoms with Crippen molar-refractivity contribution in [2.75, 3.05) is 10.6 Å². The monoisotopic (exact) mass is 304 g/mol. The minimum Gasteiger partial charge on any atom is -0.340 e. The highest BCUT2D eigenvalue weighted by atomic mass is 16.1. The zero-order chi connectivity index (χ0) is 16.1.